The quantitative estimate of drug-likeness (QED) is 0.723. The van der Waals surface area contributed by atoms with Gasteiger partial charge in [-0.15, -0.1) is 0 Å². The largest absolute Gasteiger partial charge is 0.493 e. The summed E-state index contributed by atoms with van der Waals surface area (Å²) >= 11 is 0. The van der Waals surface area contributed by atoms with Crippen molar-refractivity contribution in [3.05, 3.63) is 53.6 Å². The lowest BCUT2D eigenvalue weighted by Gasteiger charge is -2.18. The molecule has 1 atom stereocenters. The number of amides is 2. The zero-order valence-corrected chi connectivity index (χ0v) is 18.1. The Labute approximate surface area is 178 Å². The summed E-state index contributed by atoms with van der Waals surface area (Å²) in [6.45, 7) is 5.20. The minimum Gasteiger partial charge on any atom is -0.493 e. The van der Waals surface area contributed by atoms with Crippen molar-refractivity contribution in [3.63, 3.8) is 0 Å². The zero-order chi connectivity index (χ0) is 21.7. The second-order valence-electron chi connectivity index (χ2n) is 7.88. The van der Waals surface area contributed by atoms with Gasteiger partial charge in [0.15, 0.2) is 11.5 Å². The first-order valence-corrected chi connectivity index (χ1v) is 10.3. The molecule has 0 aromatic heterocycles. The Morgan fingerprint density at radius 2 is 1.80 bits per heavy atom. The van der Waals surface area contributed by atoms with Crippen molar-refractivity contribution in [2.24, 2.45) is 5.92 Å². The van der Waals surface area contributed by atoms with Crippen molar-refractivity contribution in [2.75, 3.05) is 32.2 Å². The van der Waals surface area contributed by atoms with Crippen molar-refractivity contribution in [3.8, 4) is 11.5 Å². The van der Waals surface area contributed by atoms with E-state index in [2.05, 4.69) is 19.2 Å². The zero-order valence-electron chi connectivity index (χ0n) is 18.1. The molecule has 1 unspecified atom stereocenters. The summed E-state index contributed by atoms with van der Waals surface area (Å²) in [6.07, 6.45) is 0.918. The second kappa shape index (κ2) is 9.65. The Morgan fingerprint density at radius 1 is 1.10 bits per heavy atom. The maximum absolute atomic E-state index is 12.6. The molecule has 6 heteroatoms. The summed E-state index contributed by atoms with van der Waals surface area (Å²) in [4.78, 5) is 26.8. The molecule has 1 aliphatic heterocycles. The normalized spacial score (nSPS) is 16.1. The number of methoxy groups -OCH3 is 2. The van der Waals surface area contributed by atoms with Gasteiger partial charge in [0.2, 0.25) is 11.8 Å². The monoisotopic (exact) mass is 410 g/mol. The molecular formula is C24H30N2O4. The van der Waals surface area contributed by atoms with E-state index in [9.17, 15) is 9.59 Å². The highest BCUT2D eigenvalue weighted by atomic mass is 16.5. The molecule has 1 saturated heterocycles. The average molecular weight is 411 g/mol. The number of carbonyl (C=O) groups excluding carboxylic acids is 2. The first kappa shape index (κ1) is 21.7. The fourth-order valence-corrected chi connectivity index (χ4v) is 3.68. The molecule has 1 heterocycles. The van der Waals surface area contributed by atoms with Crippen molar-refractivity contribution in [1.29, 1.82) is 0 Å². The van der Waals surface area contributed by atoms with Crippen LogP contribution in [0.25, 0.3) is 0 Å². The van der Waals surface area contributed by atoms with Gasteiger partial charge in [0.05, 0.1) is 20.1 Å². The summed E-state index contributed by atoms with van der Waals surface area (Å²) in [5, 5.41) is 2.97. The Bertz CT molecular complexity index is 893. The van der Waals surface area contributed by atoms with Crippen LogP contribution in [0.1, 0.15) is 37.3 Å². The number of ether oxygens (including phenoxy) is 2. The minimum absolute atomic E-state index is 0.00709. The van der Waals surface area contributed by atoms with Gasteiger partial charge in [-0.2, -0.15) is 0 Å². The molecule has 0 bridgehead atoms. The maximum atomic E-state index is 12.6. The Morgan fingerprint density at radius 3 is 2.43 bits per heavy atom. The third kappa shape index (κ3) is 4.93. The van der Waals surface area contributed by atoms with Crippen molar-refractivity contribution in [2.45, 2.75) is 32.6 Å². The first-order valence-electron chi connectivity index (χ1n) is 10.3. The number of hydrogen-bond acceptors (Lipinski definition) is 4. The molecule has 2 amide bonds. The average Bonchev–Trinajstić information content (AvgIpc) is 3.15. The summed E-state index contributed by atoms with van der Waals surface area (Å²) in [5.74, 6) is 1.38. The van der Waals surface area contributed by atoms with Gasteiger partial charge in [0.1, 0.15) is 0 Å². The lowest BCUT2D eigenvalue weighted by Crippen LogP contribution is -2.34. The van der Waals surface area contributed by atoms with Gasteiger partial charge in [-0.3, -0.25) is 9.59 Å². The highest BCUT2D eigenvalue weighted by Crippen LogP contribution is 2.28. The molecule has 3 rings (SSSR count). The molecule has 0 aliphatic carbocycles. The highest BCUT2D eigenvalue weighted by Gasteiger charge is 2.34. The van der Waals surface area contributed by atoms with Crippen molar-refractivity contribution >= 4 is 17.5 Å². The van der Waals surface area contributed by atoms with E-state index in [1.807, 2.05) is 42.5 Å². The Kier molecular flexibility index (Phi) is 6.98. The molecule has 30 heavy (non-hydrogen) atoms. The van der Waals surface area contributed by atoms with Crippen LogP contribution < -0.4 is 19.7 Å². The fraction of sp³-hybridized carbons (Fsp3) is 0.417. The number of hydrogen-bond donors (Lipinski definition) is 1. The number of benzene rings is 2. The molecule has 2 aromatic rings. The van der Waals surface area contributed by atoms with Crippen molar-refractivity contribution < 1.29 is 19.1 Å². The minimum atomic E-state index is -0.326. The molecule has 0 radical (unpaired) electrons. The van der Waals surface area contributed by atoms with Crippen LogP contribution in [-0.2, 0) is 16.0 Å². The van der Waals surface area contributed by atoms with Crippen LogP contribution in [0, 0.1) is 5.92 Å². The van der Waals surface area contributed by atoms with E-state index in [-0.39, 0.29) is 24.2 Å². The maximum Gasteiger partial charge on any atom is 0.227 e. The van der Waals surface area contributed by atoms with Crippen LogP contribution in [0.15, 0.2) is 42.5 Å². The van der Waals surface area contributed by atoms with Crippen LogP contribution >= 0.6 is 0 Å². The predicted molar refractivity (Wildman–Crippen MR) is 117 cm³/mol. The van der Waals surface area contributed by atoms with Gasteiger partial charge in [-0.25, -0.2) is 0 Å². The third-order valence-electron chi connectivity index (χ3n) is 5.53. The van der Waals surface area contributed by atoms with Crippen LogP contribution in [0.3, 0.4) is 0 Å². The number of rotatable bonds is 8. The standard InChI is InChI=1S/C24H30N2O4/c1-16(2)18-6-8-20(9-7-18)26-15-19(14-23(26)27)24(28)25-12-11-17-5-10-21(29-3)22(13-17)30-4/h5-10,13,16,19H,11-12,14-15H2,1-4H3,(H,25,28). The summed E-state index contributed by atoms with van der Waals surface area (Å²) in [5.41, 5.74) is 3.13. The Balaban J connectivity index is 1.53. The smallest absolute Gasteiger partial charge is 0.227 e. The molecule has 1 N–H and O–H groups in total. The topological polar surface area (TPSA) is 67.9 Å². The molecule has 0 saturated carbocycles. The number of nitrogens with zero attached hydrogens (tertiary/aromatic N) is 1. The molecule has 160 valence electrons. The SMILES string of the molecule is COc1ccc(CCNC(=O)C2CC(=O)N(c3ccc(C(C)C)cc3)C2)cc1OC. The number of anilines is 1. The van der Waals surface area contributed by atoms with E-state index in [0.29, 0.717) is 36.9 Å². The first-order chi connectivity index (χ1) is 14.4. The molecule has 6 nitrogen and oxygen atoms in total. The number of nitrogens with one attached hydrogen (secondary N) is 1. The van der Waals surface area contributed by atoms with Crippen molar-refractivity contribution in [1.82, 2.24) is 5.32 Å². The lowest BCUT2D eigenvalue weighted by atomic mass is 10.0. The molecule has 1 fully saturated rings. The molecule has 1 aliphatic rings. The highest BCUT2D eigenvalue weighted by molar-refractivity contribution is 6.00. The van der Waals surface area contributed by atoms with E-state index in [1.165, 1.54) is 5.56 Å². The van der Waals surface area contributed by atoms with Crippen LogP contribution in [-0.4, -0.2) is 39.1 Å². The van der Waals surface area contributed by atoms with Gasteiger partial charge in [0, 0.05) is 25.2 Å². The van der Waals surface area contributed by atoms with Crippen LogP contribution in [0.4, 0.5) is 5.69 Å². The second-order valence-corrected chi connectivity index (χ2v) is 7.88. The summed E-state index contributed by atoms with van der Waals surface area (Å²) in [6, 6.07) is 13.7. The molecule has 2 aromatic carbocycles. The van der Waals surface area contributed by atoms with E-state index in [4.69, 9.17) is 9.47 Å². The molecular weight excluding hydrogens is 380 g/mol. The summed E-state index contributed by atoms with van der Waals surface area (Å²) in [7, 11) is 3.20. The number of carbonyl (C=O) groups is 2. The van der Waals surface area contributed by atoms with Crippen LogP contribution in [0.2, 0.25) is 0 Å². The van der Waals surface area contributed by atoms with Gasteiger partial charge in [0.25, 0.3) is 0 Å². The van der Waals surface area contributed by atoms with Gasteiger partial charge in [-0.1, -0.05) is 32.0 Å². The van der Waals surface area contributed by atoms with Gasteiger partial charge in [-0.05, 0) is 47.7 Å². The predicted octanol–water partition coefficient (Wildman–Crippen LogP) is 3.54. The van der Waals surface area contributed by atoms with Gasteiger partial charge < -0.3 is 19.7 Å². The Hall–Kier alpha value is -3.02. The fourth-order valence-electron chi connectivity index (χ4n) is 3.68. The van der Waals surface area contributed by atoms with Crippen LogP contribution in [0.5, 0.6) is 11.5 Å². The molecule has 0 spiro atoms. The third-order valence-corrected chi connectivity index (χ3v) is 5.53. The lowest BCUT2D eigenvalue weighted by molar-refractivity contribution is -0.126. The van der Waals surface area contributed by atoms with E-state index in [1.54, 1.807) is 19.1 Å². The van der Waals surface area contributed by atoms with E-state index < -0.39 is 0 Å². The van der Waals surface area contributed by atoms with Gasteiger partial charge >= 0.3 is 0 Å². The summed E-state index contributed by atoms with van der Waals surface area (Å²) < 4.78 is 10.6. The van der Waals surface area contributed by atoms with E-state index >= 15 is 0 Å². The van der Waals surface area contributed by atoms with E-state index in [0.717, 1.165) is 11.3 Å².